The lowest BCUT2D eigenvalue weighted by molar-refractivity contribution is -0.113. The quantitative estimate of drug-likeness (QED) is 0.468. The Bertz CT molecular complexity index is 1090. The van der Waals surface area contributed by atoms with E-state index in [9.17, 15) is 4.79 Å². The summed E-state index contributed by atoms with van der Waals surface area (Å²) >= 11 is 2.88. The molecule has 0 aliphatic heterocycles. The number of nitrogens with one attached hydrogen (secondary N) is 2. The predicted molar refractivity (Wildman–Crippen MR) is 111 cm³/mol. The van der Waals surface area contributed by atoms with E-state index in [1.54, 1.807) is 23.7 Å². The minimum atomic E-state index is -0.119. The van der Waals surface area contributed by atoms with Crippen LogP contribution in [0.2, 0.25) is 0 Å². The maximum atomic E-state index is 12.3. The maximum Gasteiger partial charge on any atom is 0.234 e. The number of aryl methyl sites for hydroxylation is 1. The van der Waals surface area contributed by atoms with Crippen molar-refractivity contribution in [2.75, 3.05) is 11.1 Å². The lowest BCUT2D eigenvalue weighted by Crippen LogP contribution is -2.14. The molecule has 4 rings (SSSR count). The summed E-state index contributed by atoms with van der Waals surface area (Å²) in [6, 6.07) is 11.4. The van der Waals surface area contributed by atoms with Crippen LogP contribution in [0.25, 0.3) is 22.6 Å². The lowest BCUT2D eigenvalue weighted by atomic mass is 10.1. The number of H-pyrrole nitrogens is 1. The van der Waals surface area contributed by atoms with E-state index in [-0.39, 0.29) is 11.7 Å². The van der Waals surface area contributed by atoms with Gasteiger partial charge in [0.25, 0.3) is 0 Å². The van der Waals surface area contributed by atoms with E-state index in [1.165, 1.54) is 11.8 Å². The van der Waals surface area contributed by atoms with Gasteiger partial charge in [-0.2, -0.15) is 0 Å². The average Bonchev–Trinajstić information content (AvgIpc) is 3.36. The number of hydrogen-bond donors (Lipinski definition) is 2. The Morgan fingerprint density at radius 1 is 1.18 bits per heavy atom. The number of rotatable bonds is 6. The van der Waals surface area contributed by atoms with Gasteiger partial charge in [0.05, 0.1) is 16.5 Å². The van der Waals surface area contributed by atoms with E-state index >= 15 is 0 Å². The Balaban J connectivity index is 1.36. The molecule has 7 nitrogen and oxygen atoms in total. The molecule has 2 N–H and O–H groups in total. The Hall–Kier alpha value is -3.04. The number of carbonyl (C=O) groups is 1. The minimum Gasteiger partial charge on any atom is -0.325 e. The van der Waals surface area contributed by atoms with E-state index in [2.05, 4.69) is 30.5 Å². The molecule has 0 atom stereocenters. The molecule has 0 saturated carbocycles. The monoisotopic (exact) mass is 408 g/mol. The number of pyridine rings is 1. The summed E-state index contributed by atoms with van der Waals surface area (Å²) in [5.74, 6) is 0.747. The first-order valence-electron chi connectivity index (χ1n) is 8.45. The van der Waals surface area contributed by atoms with Crippen LogP contribution in [0.1, 0.15) is 5.01 Å². The number of aromatic nitrogens is 5. The molecule has 0 unspecified atom stereocenters. The van der Waals surface area contributed by atoms with Crippen LogP contribution < -0.4 is 5.32 Å². The third-order valence-corrected chi connectivity index (χ3v) is 5.43. The van der Waals surface area contributed by atoms with Crippen LogP contribution in [0.15, 0.2) is 59.3 Å². The summed E-state index contributed by atoms with van der Waals surface area (Å²) < 4.78 is 0. The van der Waals surface area contributed by atoms with Crippen LogP contribution in [0.3, 0.4) is 0 Å². The molecule has 140 valence electrons. The summed E-state index contributed by atoms with van der Waals surface area (Å²) in [4.78, 5) is 25.2. The molecule has 9 heteroatoms. The first-order chi connectivity index (χ1) is 13.7. The van der Waals surface area contributed by atoms with Crippen molar-refractivity contribution in [2.24, 2.45) is 0 Å². The van der Waals surface area contributed by atoms with Crippen molar-refractivity contribution >= 4 is 34.7 Å². The number of thiazole rings is 1. The van der Waals surface area contributed by atoms with Crippen molar-refractivity contribution in [2.45, 2.75) is 12.1 Å². The standard InChI is InChI=1S/C19H16N6OS2/c1-12-21-16(10-27-12)14-3-2-4-15(9-14)22-17(26)11-28-19-23-18(24-25-19)13-5-7-20-8-6-13/h2-10H,11H2,1H3,(H,22,26)(H,23,24,25). The van der Waals surface area contributed by atoms with Crippen molar-refractivity contribution in [1.82, 2.24) is 25.1 Å². The third-order valence-electron chi connectivity index (χ3n) is 3.81. The van der Waals surface area contributed by atoms with Gasteiger partial charge in [-0.1, -0.05) is 23.9 Å². The smallest absolute Gasteiger partial charge is 0.234 e. The largest absolute Gasteiger partial charge is 0.325 e. The van der Waals surface area contributed by atoms with E-state index in [0.717, 1.165) is 27.5 Å². The van der Waals surface area contributed by atoms with Gasteiger partial charge in [-0.25, -0.2) is 9.97 Å². The van der Waals surface area contributed by atoms with Gasteiger partial charge in [0.2, 0.25) is 11.1 Å². The summed E-state index contributed by atoms with van der Waals surface area (Å²) in [5.41, 5.74) is 3.53. The van der Waals surface area contributed by atoms with E-state index in [1.807, 2.05) is 48.7 Å². The van der Waals surface area contributed by atoms with Gasteiger partial charge in [-0.3, -0.25) is 14.9 Å². The third kappa shape index (κ3) is 4.44. The highest BCUT2D eigenvalue weighted by Crippen LogP contribution is 2.24. The second-order valence-electron chi connectivity index (χ2n) is 5.87. The molecule has 0 spiro atoms. The second-order valence-corrected chi connectivity index (χ2v) is 7.88. The van der Waals surface area contributed by atoms with Crippen molar-refractivity contribution < 1.29 is 4.79 Å². The number of aromatic amines is 1. The molecule has 1 amide bonds. The number of thioether (sulfide) groups is 1. The summed E-state index contributed by atoms with van der Waals surface area (Å²) in [5, 5.41) is 13.5. The fourth-order valence-corrected chi connectivity index (χ4v) is 3.75. The first-order valence-corrected chi connectivity index (χ1v) is 10.3. The highest BCUT2D eigenvalue weighted by Gasteiger charge is 2.10. The molecule has 3 heterocycles. The van der Waals surface area contributed by atoms with E-state index in [4.69, 9.17) is 0 Å². The van der Waals surface area contributed by atoms with Crippen molar-refractivity contribution in [3.8, 4) is 22.6 Å². The van der Waals surface area contributed by atoms with Crippen molar-refractivity contribution in [1.29, 1.82) is 0 Å². The predicted octanol–water partition coefficient (Wildman–Crippen LogP) is 4.03. The van der Waals surface area contributed by atoms with Crippen LogP contribution >= 0.6 is 23.1 Å². The fraction of sp³-hybridized carbons (Fsp3) is 0.105. The molecular weight excluding hydrogens is 392 g/mol. The highest BCUT2D eigenvalue weighted by molar-refractivity contribution is 7.99. The van der Waals surface area contributed by atoms with E-state index < -0.39 is 0 Å². The molecule has 3 aromatic heterocycles. The number of nitrogens with zero attached hydrogens (tertiary/aromatic N) is 4. The van der Waals surface area contributed by atoms with Crippen LogP contribution in [0.5, 0.6) is 0 Å². The Morgan fingerprint density at radius 3 is 2.82 bits per heavy atom. The molecule has 28 heavy (non-hydrogen) atoms. The second kappa shape index (κ2) is 8.32. The fourth-order valence-electron chi connectivity index (χ4n) is 2.53. The lowest BCUT2D eigenvalue weighted by Gasteiger charge is -2.05. The normalized spacial score (nSPS) is 10.8. The molecular formula is C19H16N6OS2. The molecule has 0 saturated heterocycles. The minimum absolute atomic E-state index is 0.119. The number of hydrogen-bond acceptors (Lipinski definition) is 7. The average molecular weight is 409 g/mol. The topological polar surface area (TPSA) is 96.5 Å². The number of amides is 1. The Labute approximate surface area is 169 Å². The zero-order chi connectivity index (χ0) is 19.3. The molecule has 0 radical (unpaired) electrons. The first kappa shape index (κ1) is 18.3. The molecule has 0 aliphatic carbocycles. The molecule has 4 aromatic rings. The SMILES string of the molecule is Cc1nc(-c2cccc(NC(=O)CSc3n[nH]c(-c4ccncc4)n3)c2)cs1. The van der Waals surface area contributed by atoms with E-state index in [0.29, 0.717) is 11.0 Å². The van der Waals surface area contributed by atoms with Crippen LogP contribution in [-0.2, 0) is 4.79 Å². The van der Waals surface area contributed by atoms with Gasteiger partial charge >= 0.3 is 0 Å². The Kier molecular flexibility index (Phi) is 5.45. The van der Waals surface area contributed by atoms with Gasteiger partial charge in [0.15, 0.2) is 5.82 Å². The summed E-state index contributed by atoms with van der Waals surface area (Å²) in [6.45, 7) is 1.97. The molecule has 0 aliphatic rings. The van der Waals surface area contributed by atoms with Gasteiger partial charge in [0, 0.05) is 34.6 Å². The van der Waals surface area contributed by atoms with Gasteiger partial charge in [-0.05, 0) is 31.2 Å². The highest BCUT2D eigenvalue weighted by atomic mass is 32.2. The van der Waals surface area contributed by atoms with Gasteiger partial charge in [0.1, 0.15) is 0 Å². The van der Waals surface area contributed by atoms with Crippen LogP contribution in [0, 0.1) is 6.92 Å². The van der Waals surface area contributed by atoms with Crippen molar-refractivity contribution in [3.05, 3.63) is 59.2 Å². The number of benzene rings is 1. The van der Waals surface area contributed by atoms with Crippen molar-refractivity contribution in [3.63, 3.8) is 0 Å². The molecule has 0 bridgehead atoms. The number of carbonyl (C=O) groups excluding carboxylic acids is 1. The summed E-state index contributed by atoms with van der Waals surface area (Å²) in [6.07, 6.45) is 3.39. The van der Waals surface area contributed by atoms with Crippen LogP contribution in [-0.4, -0.2) is 36.8 Å². The van der Waals surface area contributed by atoms with Gasteiger partial charge < -0.3 is 5.32 Å². The van der Waals surface area contributed by atoms with Gasteiger partial charge in [-0.15, -0.1) is 16.4 Å². The maximum absolute atomic E-state index is 12.3. The molecule has 0 fully saturated rings. The Morgan fingerprint density at radius 2 is 2.04 bits per heavy atom. The number of anilines is 1. The molecule has 1 aromatic carbocycles. The summed E-state index contributed by atoms with van der Waals surface area (Å²) in [7, 11) is 0. The zero-order valence-electron chi connectivity index (χ0n) is 14.9. The van der Waals surface area contributed by atoms with Crippen LogP contribution in [0.4, 0.5) is 5.69 Å². The zero-order valence-corrected chi connectivity index (χ0v) is 16.5.